The maximum Gasteiger partial charge on any atom is 0.191 e. The van der Waals surface area contributed by atoms with Crippen LogP contribution in [0.4, 0.5) is 5.69 Å². The molecule has 0 bridgehead atoms. The topological polar surface area (TPSA) is 93.2 Å². The van der Waals surface area contributed by atoms with Gasteiger partial charge in [-0.15, -0.1) is 0 Å². The second-order valence-corrected chi connectivity index (χ2v) is 8.54. The number of hydrogen-bond donors (Lipinski definition) is 2. The van der Waals surface area contributed by atoms with Gasteiger partial charge in [0.1, 0.15) is 12.5 Å². The van der Waals surface area contributed by atoms with Gasteiger partial charge < -0.3 is 19.6 Å². The lowest BCUT2D eigenvalue weighted by Gasteiger charge is -2.25. The lowest BCUT2D eigenvalue weighted by Crippen LogP contribution is -2.19. The first-order valence-corrected chi connectivity index (χ1v) is 10.2. The predicted octanol–water partition coefficient (Wildman–Crippen LogP) is 4.10. The molecule has 2 N–H and O–H groups in total. The van der Waals surface area contributed by atoms with Crippen molar-refractivity contribution >= 4 is 22.9 Å². The number of carbonyl (C=O) groups is 1. The summed E-state index contributed by atoms with van der Waals surface area (Å²) in [6.07, 6.45) is 8.56. The van der Waals surface area contributed by atoms with Crippen LogP contribution in [0.15, 0.2) is 29.0 Å². The summed E-state index contributed by atoms with van der Waals surface area (Å²) in [5.74, 6) is 0.819. The number of anilines is 1. The van der Waals surface area contributed by atoms with Gasteiger partial charge in [-0.05, 0) is 51.7 Å². The summed E-state index contributed by atoms with van der Waals surface area (Å²) in [7, 11) is 0. The first kappa shape index (κ1) is 19.6. The first-order chi connectivity index (χ1) is 13.8. The number of nitrogens with zero attached hydrogens (tertiary/aromatic N) is 3. The van der Waals surface area contributed by atoms with Gasteiger partial charge in [-0.2, -0.15) is 5.10 Å². The summed E-state index contributed by atoms with van der Waals surface area (Å²) in [5.41, 5.74) is 2.31. The van der Waals surface area contributed by atoms with Crippen LogP contribution in [0.5, 0.6) is 0 Å². The van der Waals surface area contributed by atoms with E-state index in [4.69, 9.17) is 9.52 Å². The summed E-state index contributed by atoms with van der Waals surface area (Å²) < 4.78 is 7.30. The number of nitrogens with one attached hydrogen (secondary N) is 1. The molecule has 0 unspecified atom stereocenters. The molecule has 1 aliphatic carbocycles. The van der Waals surface area contributed by atoms with Crippen molar-refractivity contribution in [2.45, 2.75) is 64.6 Å². The van der Waals surface area contributed by atoms with Crippen LogP contribution in [0.2, 0.25) is 0 Å². The molecule has 1 aromatic carbocycles. The summed E-state index contributed by atoms with van der Waals surface area (Å²) >= 11 is 0. The van der Waals surface area contributed by atoms with E-state index in [1.807, 2.05) is 23.7 Å². The smallest absolute Gasteiger partial charge is 0.191 e. The van der Waals surface area contributed by atoms with E-state index in [0.717, 1.165) is 59.8 Å². The second-order valence-electron chi connectivity index (χ2n) is 8.54. The molecule has 0 amide bonds. The van der Waals surface area contributed by atoms with E-state index < -0.39 is 5.60 Å². The molecule has 0 spiro atoms. The molecular weight excluding hydrogens is 368 g/mol. The molecule has 3 aromatic rings. The van der Waals surface area contributed by atoms with Crippen LogP contribution in [0.1, 0.15) is 62.7 Å². The molecule has 4 rings (SSSR count). The Bertz CT molecular complexity index is 1010. The van der Waals surface area contributed by atoms with E-state index >= 15 is 0 Å². The molecule has 0 radical (unpaired) electrons. The minimum Gasteiger partial charge on any atom is -0.449 e. The number of aromatic nitrogens is 3. The van der Waals surface area contributed by atoms with Gasteiger partial charge in [-0.25, -0.2) is 4.98 Å². The lowest BCUT2D eigenvalue weighted by molar-refractivity contribution is -0.112. The van der Waals surface area contributed by atoms with Gasteiger partial charge in [0.05, 0.1) is 29.4 Å². The molecule has 7 heteroatoms. The first-order valence-electron chi connectivity index (χ1n) is 10.2. The van der Waals surface area contributed by atoms with Crippen molar-refractivity contribution in [2.24, 2.45) is 5.92 Å². The van der Waals surface area contributed by atoms with E-state index in [1.54, 1.807) is 20.1 Å². The van der Waals surface area contributed by atoms with Crippen molar-refractivity contribution in [3.8, 4) is 0 Å². The molecule has 29 heavy (non-hydrogen) atoms. The highest BCUT2D eigenvalue weighted by Crippen LogP contribution is 2.35. The molecule has 2 heterocycles. The number of fused-ring (bicyclic) bond motifs is 1. The Morgan fingerprint density at radius 3 is 2.69 bits per heavy atom. The maximum absolute atomic E-state index is 11.0. The normalized spacial score (nSPS) is 20.1. The number of rotatable bonds is 6. The van der Waals surface area contributed by atoms with Gasteiger partial charge in [0.15, 0.2) is 5.89 Å². The highest BCUT2D eigenvalue weighted by Gasteiger charge is 2.25. The fourth-order valence-electron chi connectivity index (χ4n) is 4.11. The summed E-state index contributed by atoms with van der Waals surface area (Å²) in [6.45, 7) is 5.87. The van der Waals surface area contributed by atoms with Crippen molar-refractivity contribution in [2.75, 3.05) is 5.32 Å². The second kappa shape index (κ2) is 7.63. The van der Waals surface area contributed by atoms with Crippen LogP contribution in [-0.2, 0) is 16.9 Å². The van der Waals surface area contributed by atoms with Crippen molar-refractivity contribution < 1.29 is 14.3 Å². The lowest BCUT2D eigenvalue weighted by atomic mass is 9.87. The molecule has 1 fully saturated rings. The number of hydrogen-bond acceptors (Lipinski definition) is 6. The zero-order valence-corrected chi connectivity index (χ0v) is 17.2. The number of aldehydes is 1. The third-order valence-electron chi connectivity index (χ3n) is 5.75. The summed E-state index contributed by atoms with van der Waals surface area (Å²) in [6, 6.07) is 4.31. The molecule has 2 aromatic heterocycles. The van der Waals surface area contributed by atoms with Gasteiger partial charge in [0.2, 0.25) is 0 Å². The van der Waals surface area contributed by atoms with Gasteiger partial charge in [-0.1, -0.05) is 0 Å². The van der Waals surface area contributed by atoms with E-state index in [-0.39, 0.29) is 5.92 Å². The zero-order chi connectivity index (χ0) is 20.6. The predicted molar refractivity (Wildman–Crippen MR) is 111 cm³/mol. The van der Waals surface area contributed by atoms with Gasteiger partial charge >= 0.3 is 0 Å². The van der Waals surface area contributed by atoms with Crippen molar-refractivity contribution in [1.82, 2.24) is 14.8 Å². The van der Waals surface area contributed by atoms with Crippen LogP contribution >= 0.6 is 0 Å². The SMILES string of the molecule is Cc1nc(CNc2cc3cn(C4CCC(C=O)CC4)nc3cc2C(C)(C)O)co1. The number of oxazole rings is 1. The van der Waals surface area contributed by atoms with Gasteiger partial charge in [-0.3, -0.25) is 4.68 Å². The fraction of sp³-hybridized carbons (Fsp3) is 0.500. The Morgan fingerprint density at radius 1 is 1.31 bits per heavy atom. The Hall–Kier alpha value is -2.67. The monoisotopic (exact) mass is 396 g/mol. The third kappa shape index (κ3) is 4.19. The quantitative estimate of drug-likeness (QED) is 0.609. The number of carbonyl (C=O) groups excluding carboxylic acids is 1. The highest BCUT2D eigenvalue weighted by atomic mass is 16.3. The average molecular weight is 396 g/mol. The molecule has 0 aliphatic heterocycles. The molecule has 0 saturated heterocycles. The van der Waals surface area contributed by atoms with Crippen LogP contribution in [-0.4, -0.2) is 26.2 Å². The van der Waals surface area contributed by atoms with E-state index in [9.17, 15) is 9.90 Å². The Kier molecular flexibility index (Phi) is 5.17. The molecule has 0 atom stereocenters. The summed E-state index contributed by atoms with van der Waals surface area (Å²) in [4.78, 5) is 15.3. The van der Waals surface area contributed by atoms with E-state index in [0.29, 0.717) is 18.5 Å². The van der Waals surface area contributed by atoms with Crippen molar-refractivity contribution in [3.05, 3.63) is 41.7 Å². The third-order valence-corrected chi connectivity index (χ3v) is 5.75. The number of aryl methyl sites for hydroxylation is 1. The average Bonchev–Trinajstić information content (AvgIpc) is 3.30. The minimum absolute atomic E-state index is 0.189. The van der Waals surface area contributed by atoms with Crippen LogP contribution in [0.25, 0.3) is 10.9 Å². The van der Waals surface area contributed by atoms with Crippen LogP contribution in [0.3, 0.4) is 0 Å². The number of benzene rings is 1. The van der Waals surface area contributed by atoms with Crippen LogP contribution in [0, 0.1) is 12.8 Å². The zero-order valence-electron chi connectivity index (χ0n) is 17.2. The Balaban J connectivity index is 1.62. The van der Waals surface area contributed by atoms with Crippen molar-refractivity contribution in [3.63, 3.8) is 0 Å². The maximum atomic E-state index is 11.0. The summed E-state index contributed by atoms with van der Waals surface area (Å²) in [5, 5.41) is 19.9. The standard InChI is InChI=1S/C22H28N4O3/c1-14-24-17(13-29-14)10-23-21-8-16-11-26(18-6-4-15(12-27)5-7-18)25-20(16)9-19(21)22(2,3)28/h8-9,11-13,15,18,23,28H,4-7,10H2,1-3H3. The van der Waals surface area contributed by atoms with Gasteiger partial charge in [0, 0.05) is 35.7 Å². The number of aliphatic hydroxyl groups is 1. The molecule has 154 valence electrons. The molecule has 1 aliphatic rings. The van der Waals surface area contributed by atoms with E-state index in [1.165, 1.54) is 0 Å². The molecule has 7 nitrogen and oxygen atoms in total. The van der Waals surface area contributed by atoms with Gasteiger partial charge in [0.25, 0.3) is 0 Å². The highest BCUT2D eigenvalue weighted by molar-refractivity contribution is 5.84. The Labute approximate surface area is 170 Å². The van der Waals surface area contributed by atoms with Crippen LogP contribution < -0.4 is 5.32 Å². The van der Waals surface area contributed by atoms with E-state index in [2.05, 4.69) is 16.5 Å². The minimum atomic E-state index is -1.01. The molecular formula is C22H28N4O3. The van der Waals surface area contributed by atoms with Crippen molar-refractivity contribution in [1.29, 1.82) is 0 Å². The molecule has 1 saturated carbocycles. The largest absolute Gasteiger partial charge is 0.449 e. The Morgan fingerprint density at radius 2 is 2.07 bits per heavy atom. The fourth-order valence-corrected chi connectivity index (χ4v) is 4.11.